The van der Waals surface area contributed by atoms with E-state index in [1.54, 1.807) is 12.1 Å². The molecule has 244 valence electrons. The number of nitrogens with two attached hydrogens (primary N) is 1. The number of likely N-dealkylation sites (tertiary alicyclic amines) is 1. The Hall–Kier alpha value is -3.30. The molecule has 0 radical (unpaired) electrons. The molecule has 1 aliphatic heterocycles. The largest absolute Gasteiger partial charge is 0.490 e. The fourth-order valence-electron chi connectivity index (χ4n) is 5.96. The van der Waals surface area contributed by atoms with Crippen molar-refractivity contribution in [3.05, 3.63) is 96.1 Å². The molecule has 46 heavy (non-hydrogen) atoms. The molecule has 1 aliphatic carbocycles. The summed E-state index contributed by atoms with van der Waals surface area (Å²) in [7, 11) is 2.17. The topological polar surface area (TPSA) is 67.6 Å². The predicted octanol–water partition coefficient (Wildman–Crippen LogP) is 8.38. The number of carbonyl (C=O) groups excluding carboxylic acids is 1. The second-order valence-corrected chi connectivity index (χ2v) is 13.5. The lowest BCUT2D eigenvalue weighted by atomic mass is 9.98. The molecule has 5 nitrogen and oxygen atoms in total. The third-order valence-corrected chi connectivity index (χ3v) is 9.91. The number of rotatable bonds is 10. The van der Waals surface area contributed by atoms with E-state index in [4.69, 9.17) is 10.5 Å². The van der Waals surface area contributed by atoms with Gasteiger partial charge in [-0.05, 0) is 136 Å². The Morgan fingerprint density at radius 1 is 0.913 bits per heavy atom. The third-order valence-electron chi connectivity index (χ3n) is 9.04. The summed E-state index contributed by atoms with van der Waals surface area (Å²) in [5, 5.41) is 2.00. The second-order valence-electron chi connectivity index (χ2n) is 12.6. The van der Waals surface area contributed by atoms with E-state index >= 15 is 8.78 Å². The number of aryl methyl sites for hydroxylation is 1. The van der Waals surface area contributed by atoms with Crippen LogP contribution in [0.2, 0.25) is 0 Å². The average Bonchev–Trinajstić information content (AvgIpc) is 3.59. The minimum absolute atomic E-state index is 0.207. The number of alkyl halides is 2. The summed E-state index contributed by atoms with van der Waals surface area (Å²) < 4.78 is 39.3. The van der Waals surface area contributed by atoms with Crippen molar-refractivity contribution in [2.45, 2.75) is 68.4 Å². The van der Waals surface area contributed by atoms with Gasteiger partial charge in [-0.1, -0.05) is 66.2 Å². The van der Waals surface area contributed by atoms with E-state index in [1.165, 1.54) is 50.9 Å². The zero-order chi connectivity index (χ0) is 32.5. The molecular formula is C38H45F2N3O2S. The van der Waals surface area contributed by atoms with Crippen LogP contribution in [0.5, 0.6) is 5.75 Å². The van der Waals surface area contributed by atoms with Gasteiger partial charge in [-0.15, -0.1) is 0 Å². The number of hydrogen-bond donors (Lipinski definition) is 2. The Bertz CT molecular complexity index is 1550. The van der Waals surface area contributed by atoms with Crippen molar-refractivity contribution in [3.8, 4) is 16.9 Å². The molecule has 4 aromatic carbocycles. The van der Waals surface area contributed by atoms with Gasteiger partial charge in [0.05, 0.1) is 6.10 Å². The highest BCUT2D eigenvalue weighted by Crippen LogP contribution is 2.35. The first-order valence-electron chi connectivity index (χ1n) is 16.3. The molecule has 4 aromatic rings. The first kappa shape index (κ1) is 34.0. The van der Waals surface area contributed by atoms with Crippen molar-refractivity contribution in [2.24, 2.45) is 11.7 Å². The van der Waals surface area contributed by atoms with Gasteiger partial charge in [-0.2, -0.15) is 8.78 Å². The quantitative estimate of drug-likeness (QED) is 0.133. The van der Waals surface area contributed by atoms with Crippen LogP contribution in [0.15, 0.2) is 89.8 Å². The number of hydrogen-bond acceptors (Lipinski definition) is 6. The van der Waals surface area contributed by atoms with E-state index in [0.717, 1.165) is 75.4 Å². The zero-order valence-corrected chi connectivity index (χ0v) is 27.6. The van der Waals surface area contributed by atoms with Crippen molar-refractivity contribution in [3.63, 3.8) is 0 Å². The van der Waals surface area contributed by atoms with Crippen LogP contribution in [-0.2, 0) is 10.7 Å². The number of carbonyl (C=O) groups is 1. The van der Waals surface area contributed by atoms with Gasteiger partial charge >= 0.3 is 0 Å². The molecule has 6 rings (SSSR count). The van der Waals surface area contributed by atoms with Crippen LogP contribution in [-0.4, -0.2) is 50.0 Å². The van der Waals surface area contributed by atoms with Gasteiger partial charge in [-0.25, -0.2) is 4.72 Å². The monoisotopic (exact) mass is 645 g/mol. The smallest absolute Gasteiger partial charge is 0.295 e. The molecule has 0 bridgehead atoms. The maximum absolute atomic E-state index is 15.3. The number of aldehydes is 1. The van der Waals surface area contributed by atoms with E-state index < -0.39 is 12.0 Å². The molecule has 0 spiro atoms. The predicted molar refractivity (Wildman–Crippen MR) is 185 cm³/mol. The Morgan fingerprint density at radius 2 is 1.52 bits per heavy atom. The molecule has 0 amide bonds. The second kappa shape index (κ2) is 16.0. The molecule has 2 fully saturated rings. The van der Waals surface area contributed by atoms with Crippen LogP contribution < -0.4 is 15.2 Å². The van der Waals surface area contributed by atoms with Crippen molar-refractivity contribution in [1.29, 1.82) is 0 Å². The van der Waals surface area contributed by atoms with Crippen molar-refractivity contribution in [2.75, 3.05) is 26.7 Å². The highest BCUT2D eigenvalue weighted by molar-refractivity contribution is 7.97. The Morgan fingerprint density at radius 3 is 2.15 bits per heavy atom. The fourth-order valence-corrected chi connectivity index (χ4v) is 6.75. The Labute approximate surface area is 276 Å². The number of nitrogens with zero attached hydrogens (tertiary/aromatic N) is 1. The highest BCUT2D eigenvalue weighted by Gasteiger charge is 2.41. The minimum Gasteiger partial charge on any atom is -0.490 e. The maximum atomic E-state index is 15.3. The molecular weight excluding hydrogens is 601 g/mol. The molecule has 0 aromatic heterocycles. The van der Waals surface area contributed by atoms with Crippen LogP contribution in [0, 0.1) is 12.8 Å². The zero-order valence-electron chi connectivity index (χ0n) is 26.8. The molecule has 3 N–H and O–H groups in total. The SMILES string of the molecule is CN1CCC(CN)CC1.Cc1ccc(-c2ccc(C(F)(F)C(C=O)NSc3ccc4cc(OC5CCCC5)ccc4c3)cc2)cc1. The standard InChI is InChI=1S/C31H29F2NO2S.C7H16N2/c1-21-6-8-22(9-7-21)23-10-14-26(15-11-23)31(32,33)30(20-35)34-37-29-17-13-24-18-28(16-12-25(24)19-29)36-27-4-2-3-5-27;1-9-4-2-7(6-8)3-5-9/h6-20,27,30,34H,2-5H2,1H3;7H,2-6,8H2,1H3. The lowest BCUT2D eigenvalue weighted by Crippen LogP contribution is -2.41. The van der Waals surface area contributed by atoms with Gasteiger partial charge in [0, 0.05) is 10.5 Å². The van der Waals surface area contributed by atoms with Gasteiger partial charge in [0.25, 0.3) is 5.92 Å². The van der Waals surface area contributed by atoms with Gasteiger partial charge in [-0.3, -0.25) is 0 Å². The maximum Gasteiger partial charge on any atom is 0.295 e. The summed E-state index contributed by atoms with van der Waals surface area (Å²) in [6.07, 6.45) is 7.78. The number of nitrogens with one attached hydrogen (secondary N) is 1. The number of halogens is 2. The van der Waals surface area contributed by atoms with E-state index in [9.17, 15) is 4.79 Å². The summed E-state index contributed by atoms with van der Waals surface area (Å²) in [4.78, 5) is 14.8. The summed E-state index contributed by atoms with van der Waals surface area (Å²) >= 11 is 1.03. The van der Waals surface area contributed by atoms with Crippen LogP contribution in [0.1, 0.15) is 49.7 Å². The van der Waals surface area contributed by atoms with Crippen LogP contribution in [0.25, 0.3) is 21.9 Å². The Balaban J connectivity index is 0.000000400. The van der Waals surface area contributed by atoms with E-state index in [0.29, 0.717) is 0 Å². The lowest BCUT2D eigenvalue weighted by molar-refractivity contribution is -0.119. The molecule has 1 unspecified atom stereocenters. The average molecular weight is 646 g/mol. The molecule has 1 saturated heterocycles. The van der Waals surface area contributed by atoms with Crippen LogP contribution >= 0.6 is 11.9 Å². The molecule has 1 heterocycles. The number of fused-ring (bicyclic) bond motifs is 1. The van der Waals surface area contributed by atoms with Gasteiger partial charge in [0.2, 0.25) is 0 Å². The minimum atomic E-state index is -3.37. The van der Waals surface area contributed by atoms with Crippen molar-refractivity contribution in [1.82, 2.24) is 9.62 Å². The molecule has 8 heteroatoms. The van der Waals surface area contributed by atoms with E-state index in [2.05, 4.69) is 16.7 Å². The molecule has 2 aliphatic rings. The first-order chi connectivity index (χ1) is 22.2. The van der Waals surface area contributed by atoms with Gasteiger partial charge in [0.15, 0.2) is 0 Å². The van der Waals surface area contributed by atoms with E-state index in [1.807, 2.05) is 67.6 Å². The normalized spacial score (nSPS) is 17.0. The summed E-state index contributed by atoms with van der Waals surface area (Å²) in [5.41, 5.74) is 8.25. The third kappa shape index (κ3) is 8.94. The lowest BCUT2D eigenvalue weighted by Gasteiger charge is -2.27. The number of ether oxygens (including phenoxy) is 1. The molecule has 1 atom stereocenters. The van der Waals surface area contributed by atoms with Gasteiger partial charge in [0.1, 0.15) is 18.1 Å². The first-order valence-corrected chi connectivity index (χ1v) is 17.1. The number of piperidine rings is 1. The number of benzene rings is 4. The van der Waals surface area contributed by atoms with Gasteiger partial charge < -0.3 is 20.2 Å². The van der Waals surface area contributed by atoms with Crippen LogP contribution in [0.3, 0.4) is 0 Å². The summed E-state index contributed by atoms with van der Waals surface area (Å²) in [5.74, 6) is -1.71. The summed E-state index contributed by atoms with van der Waals surface area (Å²) in [6, 6.07) is 24.0. The highest BCUT2D eigenvalue weighted by atomic mass is 32.2. The van der Waals surface area contributed by atoms with Crippen molar-refractivity contribution >= 4 is 29.0 Å². The molecule has 1 saturated carbocycles. The fraction of sp³-hybridized carbons (Fsp3) is 0.395. The summed E-state index contributed by atoms with van der Waals surface area (Å²) in [6.45, 7) is 5.36. The van der Waals surface area contributed by atoms with E-state index in [-0.39, 0.29) is 18.0 Å². The van der Waals surface area contributed by atoms with Crippen molar-refractivity contribution < 1.29 is 18.3 Å². The Kier molecular flexibility index (Phi) is 11.8. The van der Waals surface area contributed by atoms with Crippen LogP contribution in [0.4, 0.5) is 8.78 Å².